The Hall–Kier alpha value is -2.24. The summed E-state index contributed by atoms with van der Waals surface area (Å²) in [5.74, 6) is -1.56. The van der Waals surface area contributed by atoms with Crippen molar-refractivity contribution in [3.63, 3.8) is 0 Å². The Kier molecular flexibility index (Phi) is 4.55. The van der Waals surface area contributed by atoms with Crippen LogP contribution in [-0.4, -0.2) is 29.4 Å². The Balaban J connectivity index is 1.66. The van der Waals surface area contributed by atoms with E-state index in [1.165, 1.54) is 27.8 Å². The molecule has 0 radical (unpaired) electrons. The number of hydrogen-bond acceptors (Lipinski definition) is 6. The highest BCUT2D eigenvalue weighted by molar-refractivity contribution is 7.89. The molecule has 1 aromatic carbocycles. The molecule has 148 valence electrons. The topological polar surface area (TPSA) is 76.3 Å². The highest BCUT2D eigenvalue weighted by Crippen LogP contribution is 2.41. The zero-order chi connectivity index (χ0) is 20.1. The van der Waals surface area contributed by atoms with Gasteiger partial charge in [-0.25, -0.2) is 8.42 Å². The Morgan fingerprint density at radius 2 is 1.96 bits per heavy atom. The minimum absolute atomic E-state index is 0.156. The number of fused-ring (bicyclic) bond motifs is 1. The molecule has 6 nitrogen and oxygen atoms in total. The lowest BCUT2D eigenvalue weighted by atomic mass is 10.0. The van der Waals surface area contributed by atoms with Crippen LogP contribution in [0.1, 0.15) is 29.3 Å². The molecule has 1 aliphatic heterocycles. The minimum atomic E-state index is -4.71. The quantitative estimate of drug-likeness (QED) is 0.626. The maximum atomic E-state index is 13.0. The molecule has 1 unspecified atom stereocenters. The van der Waals surface area contributed by atoms with Gasteiger partial charge in [-0.1, -0.05) is 23.4 Å². The molecular formula is C17H14F3N3O3S2. The van der Waals surface area contributed by atoms with Crippen LogP contribution in [0, 0.1) is 0 Å². The van der Waals surface area contributed by atoms with E-state index >= 15 is 0 Å². The smallest absolute Gasteiger partial charge is 0.329 e. The van der Waals surface area contributed by atoms with Crippen LogP contribution in [0.4, 0.5) is 13.2 Å². The van der Waals surface area contributed by atoms with Crippen molar-refractivity contribution in [1.82, 2.24) is 14.4 Å². The molecule has 28 heavy (non-hydrogen) atoms. The molecular weight excluding hydrogens is 415 g/mol. The molecule has 0 saturated heterocycles. The van der Waals surface area contributed by atoms with E-state index in [0.717, 1.165) is 10.4 Å². The maximum absolute atomic E-state index is 13.0. The number of rotatable bonds is 3. The average Bonchev–Trinajstić information content (AvgIpc) is 3.29. The van der Waals surface area contributed by atoms with Crippen molar-refractivity contribution in [2.75, 3.05) is 6.54 Å². The van der Waals surface area contributed by atoms with Gasteiger partial charge in [0, 0.05) is 11.4 Å². The fourth-order valence-electron chi connectivity index (χ4n) is 3.15. The van der Waals surface area contributed by atoms with Gasteiger partial charge in [-0.05, 0) is 37.1 Å². The van der Waals surface area contributed by atoms with Gasteiger partial charge in [-0.3, -0.25) is 0 Å². The third-order valence-corrected chi connectivity index (χ3v) is 7.82. The predicted molar refractivity (Wildman–Crippen MR) is 95.1 cm³/mol. The molecule has 3 heterocycles. The van der Waals surface area contributed by atoms with Gasteiger partial charge >= 0.3 is 12.1 Å². The van der Waals surface area contributed by atoms with E-state index in [1.54, 1.807) is 31.2 Å². The van der Waals surface area contributed by atoms with Gasteiger partial charge in [-0.15, -0.1) is 11.3 Å². The summed E-state index contributed by atoms with van der Waals surface area (Å²) < 4.78 is 69.7. The normalized spacial score (nSPS) is 18.2. The van der Waals surface area contributed by atoms with Crippen LogP contribution in [0.15, 0.2) is 45.8 Å². The molecule has 3 aromatic rings. The summed E-state index contributed by atoms with van der Waals surface area (Å²) >= 11 is 1.18. The molecule has 11 heteroatoms. The standard InChI is InChI=1S/C17H14F3N3O3S2/c1-10-14-11(7-8-23(10)28(24,25)12-5-3-2-4-6-12)9-13(27-14)15-21-16(26-22-15)17(18,19)20/h2-6,9-10H,7-8H2,1H3. The first-order valence-electron chi connectivity index (χ1n) is 8.28. The zero-order valence-electron chi connectivity index (χ0n) is 14.5. The average molecular weight is 429 g/mol. The van der Waals surface area contributed by atoms with E-state index < -0.39 is 28.1 Å². The molecule has 0 spiro atoms. The Labute approximate surface area is 162 Å². The van der Waals surface area contributed by atoms with Crippen LogP contribution < -0.4 is 0 Å². The summed E-state index contributed by atoms with van der Waals surface area (Å²) in [5.41, 5.74) is 0.880. The molecule has 0 bridgehead atoms. The number of benzene rings is 1. The summed E-state index contributed by atoms with van der Waals surface area (Å²) in [5, 5.41) is 3.41. The van der Waals surface area contributed by atoms with E-state index in [9.17, 15) is 21.6 Å². The molecule has 0 amide bonds. The van der Waals surface area contributed by atoms with Crippen molar-refractivity contribution < 1.29 is 26.1 Å². The Morgan fingerprint density at radius 1 is 1.25 bits per heavy atom. The van der Waals surface area contributed by atoms with Crippen molar-refractivity contribution in [1.29, 1.82) is 0 Å². The van der Waals surface area contributed by atoms with Crippen molar-refractivity contribution >= 4 is 21.4 Å². The van der Waals surface area contributed by atoms with Gasteiger partial charge in [0.1, 0.15) is 0 Å². The molecule has 0 N–H and O–H groups in total. The highest BCUT2D eigenvalue weighted by Gasteiger charge is 2.39. The maximum Gasteiger partial charge on any atom is 0.471 e. The zero-order valence-corrected chi connectivity index (χ0v) is 16.1. The number of halogens is 3. The van der Waals surface area contributed by atoms with Crippen LogP contribution in [0.25, 0.3) is 10.7 Å². The van der Waals surface area contributed by atoms with E-state index in [1.807, 2.05) is 0 Å². The first-order valence-corrected chi connectivity index (χ1v) is 10.5. The third kappa shape index (κ3) is 3.23. The van der Waals surface area contributed by atoms with Crippen LogP contribution in [0.2, 0.25) is 0 Å². The second-order valence-corrected chi connectivity index (χ2v) is 9.25. The second-order valence-electron chi connectivity index (χ2n) is 6.28. The molecule has 1 aliphatic rings. The monoisotopic (exact) mass is 429 g/mol. The number of sulfonamides is 1. The van der Waals surface area contributed by atoms with Crippen LogP contribution in [0.3, 0.4) is 0 Å². The summed E-state index contributed by atoms with van der Waals surface area (Å²) in [6.07, 6.45) is -4.26. The third-order valence-electron chi connectivity index (χ3n) is 4.49. The lowest BCUT2D eigenvalue weighted by molar-refractivity contribution is -0.159. The molecule has 0 aliphatic carbocycles. The van der Waals surface area contributed by atoms with Gasteiger partial charge in [0.2, 0.25) is 15.8 Å². The van der Waals surface area contributed by atoms with Crippen molar-refractivity contribution in [3.05, 3.63) is 52.7 Å². The first-order chi connectivity index (χ1) is 13.2. The summed E-state index contributed by atoms with van der Waals surface area (Å²) in [6.45, 7) is 2.04. The van der Waals surface area contributed by atoms with E-state index in [4.69, 9.17) is 0 Å². The van der Waals surface area contributed by atoms with Crippen molar-refractivity contribution in [3.8, 4) is 10.7 Å². The summed E-state index contributed by atoms with van der Waals surface area (Å²) in [6, 6.07) is 9.37. The summed E-state index contributed by atoms with van der Waals surface area (Å²) in [4.78, 5) is 4.79. The lowest BCUT2D eigenvalue weighted by Crippen LogP contribution is -2.38. The lowest BCUT2D eigenvalue weighted by Gasteiger charge is -2.32. The van der Waals surface area contributed by atoms with Crippen LogP contribution in [0.5, 0.6) is 0 Å². The molecule has 1 atom stereocenters. The van der Waals surface area contributed by atoms with E-state index in [-0.39, 0.29) is 17.3 Å². The molecule has 0 saturated carbocycles. The first kappa shape index (κ1) is 19.1. The van der Waals surface area contributed by atoms with Gasteiger partial charge in [0.05, 0.1) is 15.8 Å². The molecule has 0 fully saturated rings. The number of nitrogens with zero attached hydrogens (tertiary/aromatic N) is 3. The predicted octanol–water partition coefficient (Wildman–Crippen LogP) is 4.12. The second kappa shape index (κ2) is 6.68. The van der Waals surface area contributed by atoms with Crippen molar-refractivity contribution in [2.24, 2.45) is 0 Å². The van der Waals surface area contributed by atoms with Gasteiger partial charge in [0.25, 0.3) is 0 Å². The largest absolute Gasteiger partial charge is 0.471 e. The number of thiophene rings is 1. The SMILES string of the molecule is CC1c2sc(-c3noc(C(F)(F)F)n3)cc2CCN1S(=O)(=O)c1ccccc1. The van der Waals surface area contributed by atoms with Crippen molar-refractivity contribution in [2.45, 2.75) is 30.5 Å². The van der Waals surface area contributed by atoms with Gasteiger partial charge in [-0.2, -0.15) is 22.5 Å². The van der Waals surface area contributed by atoms with Gasteiger partial charge in [0.15, 0.2) is 0 Å². The number of alkyl halides is 3. The number of aromatic nitrogens is 2. The fraction of sp³-hybridized carbons (Fsp3) is 0.294. The minimum Gasteiger partial charge on any atom is -0.329 e. The highest BCUT2D eigenvalue weighted by atomic mass is 32.2. The molecule has 4 rings (SSSR count). The summed E-state index contributed by atoms with van der Waals surface area (Å²) in [7, 11) is -3.68. The molecule has 2 aromatic heterocycles. The Bertz CT molecular complexity index is 1110. The van der Waals surface area contributed by atoms with Gasteiger partial charge < -0.3 is 4.52 Å². The van der Waals surface area contributed by atoms with E-state index in [0.29, 0.717) is 11.3 Å². The fourth-order valence-corrected chi connectivity index (χ4v) is 6.05. The van der Waals surface area contributed by atoms with Crippen LogP contribution >= 0.6 is 11.3 Å². The van der Waals surface area contributed by atoms with E-state index in [2.05, 4.69) is 14.7 Å². The number of hydrogen-bond donors (Lipinski definition) is 0. The van der Waals surface area contributed by atoms with Crippen LogP contribution in [-0.2, 0) is 22.6 Å². The Morgan fingerprint density at radius 3 is 2.61 bits per heavy atom.